The molecule has 7 heteroatoms. The molecule has 12 aromatic rings. The van der Waals surface area contributed by atoms with Gasteiger partial charge in [0.2, 0.25) is 5.89 Å². The molecule has 0 spiro atoms. The van der Waals surface area contributed by atoms with Gasteiger partial charge >= 0.3 is 0 Å². The summed E-state index contributed by atoms with van der Waals surface area (Å²) in [4.78, 5) is 20.4. The van der Waals surface area contributed by atoms with Crippen LogP contribution in [0.25, 0.3) is 121 Å². The molecule has 0 N–H and O–H groups in total. The van der Waals surface area contributed by atoms with Gasteiger partial charge in [-0.15, -0.1) is 11.3 Å². The molecule has 0 saturated carbocycles. The Kier molecular flexibility index (Phi) is 7.00. The Morgan fingerprint density at radius 3 is 1.77 bits per heavy atom. The van der Waals surface area contributed by atoms with Crippen LogP contribution < -0.4 is 0 Å². The number of hydrogen-bond donors (Lipinski definition) is 0. The first-order chi connectivity index (χ1) is 28.2. The van der Waals surface area contributed by atoms with Gasteiger partial charge in [0, 0.05) is 47.8 Å². The second-order valence-electron chi connectivity index (χ2n) is 14.1. The molecule has 12 rings (SSSR count). The van der Waals surface area contributed by atoms with E-state index >= 15 is 0 Å². The monoisotopic (exact) mass is 748 g/mol. The molecule has 6 nitrogen and oxygen atoms in total. The summed E-state index contributed by atoms with van der Waals surface area (Å²) in [5.74, 6) is 2.33. The van der Waals surface area contributed by atoms with Crippen LogP contribution in [-0.4, -0.2) is 19.9 Å². The number of benzene rings is 8. The maximum atomic E-state index is 6.63. The molecular formula is C50H28N4O2S. The lowest BCUT2D eigenvalue weighted by molar-refractivity contribution is 0.619. The van der Waals surface area contributed by atoms with Gasteiger partial charge in [0.05, 0.1) is 5.39 Å². The highest BCUT2D eigenvalue weighted by Crippen LogP contribution is 2.44. The molecule has 0 amide bonds. The summed E-state index contributed by atoms with van der Waals surface area (Å²) in [7, 11) is 0. The van der Waals surface area contributed by atoms with Gasteiger partial charge in [0.15, 0.2) is 23.1 Å². The zero-order valence-corrected chi connectivity index (χ0v) is 31.0. The average Bonchev–Trinajstić information content (AvgIpc) is 4.00. The molecule has 266 valence electrons. The van der Waals surface area contributed by atoms with Crippen LogP contribution in [-0.2, 0) is 0 Å². The molecular weight excluding hydrogens is 721 g/mol. The molecule has 0 aliphatic rings. The second kappa shape index (κ2) is 12.5. The van der Waals surface area contributed by atoms with Crippen LogP contribution in [0, 0.1) is 0 Å². The SMILES string of the molecule is c1ccc(-c2nc(-c3ccc(-c4cccc5c4sc4ccccc45)cc3)nc(-c3cc4oc5ccc6oc(-c7ccccc7)nc6c5c4c4ccccc34)n2)cc1. The maximum Gasteiger partial charge on any atom is 0.227 e. The Morgan fingerprint density at radius 1 is 0.368 bits per heavy atom. The third-order valence-corrected chi connectivity index (χ3v) is 12.0. The number of furan rings is 1. The van der Waals surface area contributed by atoms with E-state index in [-0.39, 0.29) is 0 Å². The average molecular weight is 749 g/mol. The topological polar surface area (TPSA) is 77.8 Å². The number of oxazole rings is 1. The molecule has 0 saturated heterocycles. The summed E-state index contributed by atoms with van der Waals surface area (Å²) < 4.78 is 15.5. The largest absolute Gasteiger partial charge is 0.456 e. The van der Waals surface area contributed by atoms with E-state index in [1.165, 1.54) is 25.7 Å². The molecule has 57 heavy (non-hydrogen) atoms. The molecule has 4 aromatic heterocycles. The van der Waals surface area contributed by atoms with Gasteiger partial charge in [-0.1, -0.05) is 133 Å². The van der Waals surface area contributed by atoms with Crippen molar-refractivity contribution in [2.45, 2.75) is 0 Å². The first-order valence-corrected chi connectivity index (χ1v) is 19.6. The van der Waals surface area contributed by atoms with E-state index in [1.807, 2.05) is 84.1 Å². The molecule has 4 heterocycles. The van der Waals surface area contributed by atoms with E-state index in [9.17, 15) is 0 Å². The lowest BCUT2D eigenvalue weighted by Gasteiger charge is -2.11. The van der Waals surface area contributed by atoms with Gasteiger partial charge in [0.1, 0.15) is 16.7 Å². The van der Waals surface area contributed by atoms with Gasteiger partial charge in [-0.2, -0.15) is 0 Å². The van der Waals surface area contributed by atoms with Crippen LogP contribution in [0.3, 0.4) is 0 Å². The van der Waals surface area contributed by atoms with E-state index < -0.39 is 0 Å². The van der Waals surface area contributed by atoms with Crippen molar-refractivity contribution < 1.29 is 8.83 Å². The smallest absolute Gasteiger partial charge is 0.227 e. The molecule has 0 aliphatic carbocycles. The lowest BCUT2D eigenvalue weighted by Crippen LogP contribution is -2.00. The number of nitrogens with zero attached hydrogens (tertiary/aromatic N) is 4. The van der Waals surface area contributed by atoms with Gasteiger partial charge < -0.3 is 8.83 Å². The van der Waals surface area contributed by atoms with Gasteiger partial charge in [-0.25, -0.2) is 19.9 Å². The Morgan fingerprint density at radius 2 is 0.982 bits per heavy atom. The zero-order valence-electron chi connectivity index (χ0n) is 30.2. The molecule has 0 bridgehead atoms. The van der Waals surface area contributed by atoms with Gasteiger partial charge in [0.25, 0.3) is 0 Å². The Bertz CT molecular complexity index is 3520. The fourth-order valence-corrected chi connectivity index (χ4v) is 9.35. The van der Waals surface area contributed by atoms with Crippen LogP contribution in [0.4, 0.5) is 0 Å². The highest BCUT2D eigenvalue weighted by atomic mass is 32.1. The summed E-state index contributed by atoms with van der Waals surface area (Å²) in [6.07, 6.45) is 0. The standard InChI is InChI=1S/C50H28N4O2S/c1-3-12-30(13-4-1)47-52-48(31-24-22-29(23-25-31)33-19-11-20-37-35-17-9-10-21-42(35)57-46(33)37)54-49(53-47)38-28-41-43(36-18-8-7-16-34(36)38)44-39(55-41)26-27-40-45(44)51-50(56-40)32-14-5-2-6-15-32/h1-28H. The lowest BCUT2D eigenvalue weighted by atomic mass is 9.98. The van der Waals surface area contributed by atoms with Gasteiger partial charge in [-0.05, 0) is 58.3 Å². The molecule has 0 aliphatic heterocycles. The van der Waals surface area contributed by atoms with Crippen molar-refractivity contribution in [1.29, 1.82) is 0 Å². The van der Waals surface area contributed by atoms with E-state index in [0.717, 1.165) is 66.0 Å². The van der Waals surface area contributed by atoms with Crippen molar-refractivity contribution >= 4 is 75.3 Å². The molecule has 0 atom stereocenters. The summed E-state index contributed by atoms with van der Waals surface area (Å²) >= 11 is 1.84. The number of thiophene rings is 1. The predicted molar refractivity (Wildman–Crippen MR) is 232 cm³/mol. The van der Waals surface area contributed by atoms with Crippen molar-refractivity contribution in [2.24, 2.45) is 0 Å². The van der Waals surface area contributed by atoms with Crippen molar-refractivity contribution in [1.82, 2.24) is 19.9 Å². The normalized spacial score (nSPS) is 11.9. The van der Waals surface area contributed by atoms with Crippen molar-refractivity contribution in [2.75, 3.05) is 0 Å². The number of fused-ring (bicyclic) bond motifs is 10. The van der Waals surface area contributed by atoms with Crippen LogP contribution in [0.1, 0.15) is 0 Å². The van der Waals surface area contributed by atoms with Crippen LogP contribution in [0.5, 0.6) is 0 Å². The highest BCUT2D eigenvalue weighted by Gasteiger charge is 2.22. The molecule has 0 radical (unpaired) electrons. The summed E-state index contributed by atoms with van der Waals surface area (Å²) in [5, 5.41) is 6.48. The van der Waals surface area contributed by atoms with E-state index in [1.54, 1.807) is 0 Å². The first kappa shape index (κ1) is 31.8. The van der Waals surface area contributed by atoms with Crippen LogP contribution in [0.15, 0.2) is 179 Å². The summed E-state index contributed by atoms with van der Waals surface area (Å²) in [6.45, 7) is 0. The van der Waals surface area contributed by atoms with E-state index in [2.05, 4.69) is 97.1 Å². The maximum absolute atomic E-state index is 6.63. The molecule has 8 aromatic carbocycles. The molecule has 0 fully saturated rings. The number of aromatic nitrogens is 4. The third-order valence-electron chi connectivity index (χ3n) is 10.8. The number of rotatable bonds is 5. The molecule has 0 unspecified atom stereocenters. The predicted octanol–water partition coefficient (Wildman–Crippen LogP) is 13.8. The van der Waals surface area contributed by atoms with Crippen molar-refractivity contribution in [3.63, 3.8) is 0 Å². The van der Waals surface area contributed by atoms with E-state index in [4.69, 9.17) is 28.8 Å². The Hall–Kier alpha value is -7.48. The van der Waals surface area contributed by atoms with Gasteiger partial charge in [-0.3, -0.25) is 0 Å². The van der Waals surface area contributed by atoms with E-state index in [0.29, 0.717) is 28.9 Å². The highest BCUT2D eigenvalue weighted by molar-refractivity contribution is 7.26. The Labute approximate surface area is 329 Å². The fraction of sp³-hybridized carbons (Fsp3) is 0. The minimum Gasteiger partial charge on any atom is -0.456 e. The van der Waals surface area contributed by atoms with Crippen LogP contribution in [0.2, 0.25) is 0 Å². The fourth-order valence-electron chi connectivity index (χ4n) is 8.11. The van der Waals surface area contributed by atoms with Crippen molar-refractivity contribution in [3.8, 4) is 56.7 Å². The zero-order chi connectivity index (χ0) is 37.5. The minimum atomic E-state index is 0.564. The quantitative estimate of drug-likeness (QED) is 0.174. The number of hydrogen-bond acceptors (Lipinski definition) is 7. The van der Waals surface area contributed by atoms with Crippen molar-refractivity contribution in [3.05, 3.63) is 170 Å². The minimum absolute atomic E-state index is 0.564. The third kappa shape index (κ3) is 5.10. The second-order valence-corrected chi connectivity index (χ2v) is 15.2. The summed E-state index contributed by atoms with van der Waals surface area (Å²) in [6, 6.07) is 58.1. The Balaban J connectivity index is 1.03. The van der Waals surface area contributed by atoms with Crippen LogP contribution >= 0.6 is 11.3 Å². The first-order valence-electron chi connectivity index (χ1n) is 18.8. The summed E-state index contributed by atoms with van der Waals surface area (Å²) in [5.41, 5.74) is 8.88.